The Labute approximate surface area is 201 Å². The van der Waals surface area contributed by atoms with Crippen LogP contribution in [-0.2, 0) is 12.8 Å². The van der Waals surface area contributed by atoms with E-state index in [2.05, 4.69) is 43.6 Å². The van der Waals surface area contributed by atoms with Crippen LogP contribution >= 0.6 is 15.9 Å². The number of hydrogen-bond acceptors (Lipinski definition) is 3. The van der Waals surface area contributed by atoms with E-state index in [1.54, 1.807) is 7.11 Å². The predicted octanol–water partition coefficient (Wildman–Crippen LogP) is 6.10. The van der Waals surface area contributed by atoms with Crippen molar-refractivity contribution < 1.29 is 9.53 Å². The molecule has 0 aliphatic heterocycles. The number of methoxy groups -OCH3 is 1. The number of carbonyl (C=O) groups is 1. The molecule has 3 aromatic carbocycles. The van der Waals surface area contributed by atoms with Gasteiger partial charge in [0.05, 0.1) is 24.5 Å². The standard InChI is InChI=1S/C27H24BrN3O2/c1-16(17-7-10-21(28)11-8-17)29-27(32)19-5-3-18(4-6-19)25-24-13-9-20-15-22(33-2)12-14-23(20)26(24)31-30-25/h3-8,10-12,14-16H,9,13H2,1-2H3,(H,29,32)(H,30,31). The van der Waals surface area contributed by atoms with Crippen molar-refractivity contribution in [2.75, 3.05) is 7.11 Å². The zero-order chi connectivity index (χ0) is 22.9. The van der Waals surface area contributed by atoms with Gasteiger partial charge in [-0.05, 0) is 73.4 Å². The van der Waals surface area contributed by atoms with Crippen LogP contribution in [0.2, 0.25) is 0 Å². The summed E-state index contributed by atoms with van der Waals surface area (Å²) in [6.07, 6.45) is 1.86. The lowest BCUT2D eigenvalue weighted by atomic mass is 9.87. The molecule has 6 heteroatoms. The fourth-order valence-electron chi connectivity index (χ4n) is 4.37. The van der Waals surface area contributed by atoms with E-state index < -0.39 is 0 Å². The van der Waals surface area contributed by atoms with Crippen molar-refractivity contribution in [2.24, 2.45) is 0 Å². The van der Waals surface area contributed by atoms with E-state index in [1.807, 2.05) is 61.5 Å². The number of hydrogen-bond donors (Lipinski definition) is 2. The van der Waals surface area contributed by atoms with E-state index in [0.717, 1.165) is 45.6 Å². The van der Waals surface area contributed by atoms with Crippen LogP contribution in [0.5, 0.6) is 5.75 Å². The Hall–Kier alpha value is -3.38. The minimum atomic E-state index is -0.0936. The van der Waals surface area contributed by atoms with Crippen LogP contribution in [0, 0.1) is 0 Å². The van der Waals surface area contributed by atoms with E-state index in [4.69, 9.17) is 4.74 Å². The molecule has 1 atom stereocenters. The predicted molar refractivity (Wildman–Crippen MR) is 133 cm³/mol. The number of aryl methyl sites for hydroxylation is 1. The lowest BCUT2D eigenvalue weighted by molar-refractivity contribution is 0.0940. The Bertz CT molecular complexity index is 1310. The molecule has 5 rings (SSSR count). The van der Waals surface area contributed by atoms with Crippen molar-refractivity contribution in [1.82, 2.24) is 15.5 Å². The first-order chi connectivity index (χ1) is 16.0. The maximum Gasteiger partial charge on any atom is 0.251 e. The van der Waals surface area contributed by atoms with Crippen LogP contribution < -0.4 is 10.1 Å². The van der Waals surface area contributed by atoms with Gasteiger partial charge in [0.1, 0.15) is 5.75 Å². The van der Waals surface area contributed by atoms with E-state index in [0.29, 0.717) is 5.56 Å². The quantitative estimate of drug-likeness (QED) is 0.346. The molecule has 0 radical (unpaired) electrons. The first kappa shape index (κ1) is 21.5. The molecule has 1 heterocycles. The Morgan fingerprint density at radius 1 is 1.06 bits per heavy atom. The number of nitrogens with one attached hydrogen (secondary N) is 2. The molecule has 166 valence electrons. The number of halogens is 1. The SMILES string of the molecule is COc1ccc2c(c1)CCc1c(-c3ccc(C(=O)NC(C)c4ccc(Br)cc4)cc3)n[nH]c1-2. The highest BCUT2D eigenvalue weighted by molar-refractivity contribution is 9.10. The van der Waals surface area contributed by atoms with Crippen LogP contribution in [0.1, 0.15) is 40.0 Å². The number of ether oxygens (including phenoxy) is 1. The molecule has 1 aliphatic carbocycles. The Morgan fingerprint density at radius 3 is 2.55 bits per heavy atom. The molecule has 1 unspecified atom stereocenters. The molecule has 0 bridgehead atoms. The zero-order valence-corrected chi connectivity index (χ0v) is 20.1. The highest BCUT2D eigenvalue weighted by Gasteiger charge is 2.23. The fourth-order valence-corrected chi connectivity index (χ4v) is 4.64. The van der Waals surface area contributed by atoms with Crippen molar-refractivity contribution in [2.45, 2.75) is 25.8 Å². The van der Waals surface area contributed by atoms with Gasteiger partial charge in [0, 0.05) is 26.7 Å². The molecular weight excluding hydrogens is 478 g/mol. The average Bonchev–Trinajstić information content (AvgIpc) is 3.28. The van der Waals surface area contributed by atoms with Gasteiger partial charge < -0.3 is 10.1 Å². The molecular formula is C27H24BrN3O2. The number of nitrogens with zero attached hydrogens (tertiary/aromatic N) is 1. The molecule has 33 heavy (non-hydrogen) atoms. The third-order valence-corrected chi connectivity index (χ3v) is 6.76. The number of fused-ring (bicyclic) bond motifs is 3. The summed E-state index contributed by atoms with van der Waals surface area (Å²) in [5, 5.41) is 10.9. The molecule has 5 nitrogen and oxygen atoms in total. The van der Waals surface area contributed by atoms with Crippen molar-refractivity contribution in [1.29, 1.82) is 0 Å². The summed E-state index contributed by atoms with van der Waals surface area (Å²) in [4.78, 5) is 12.8. The second kappa shape index (κ2) is 8.87. The summed E-state index contributed by atoms with van der Waals surface area (Å²) >= 11 is 3.44. The molecule has 1 aliphatic rings. The second-order valence-electron chi connectivity index (χ2n) is 8.27. The summed E-state index contributed by atoms with van der Waals surface area (Å²) in [7, 11) is 1.69. The normalized spacial score (nSPS) is 13.1. The number of benzene rings is 3. The Morgan fingerprint density at radius 2 is 1.82 bits per heavy atom. The third-order valence-electron chi connectivity index (χ3n) is 6.23. The van der Waals surface area contributed by atoms with Crippen molar-refractivity contribution in [3.63, 3.8) is 0 Å². The van der Waals surface area contributed by atoms with Crippen molar-refractivity contribution >= 4 is 21.8 Å². The maximum absolute atomic E-state index is 12.8. The van der Waals surface area contributed by atoms with Crippen LogP contribution in [-0.4, -0.2) is 23.2 Å². The summed E-state index contributed by atoms with van der Waals surface area (Å²) in [6.45, 7) is 1.99. The molecule has 4 aromatic rings. The monoisotopic (exact) mass is 501 g/mol. The molecule has 1 aromatic heterocycles. The highest BCUT2D eigenvalue weighted by atomic mass is 79.9. The zero-order valence-electron chi connectivity index (χ0n) is 18.5. The van der Waals surface area contributed by atoms with Gasteiger partial charge in [-0.25, -0.2) is 0 Å². The Kier molecular flexibility index (Phi) is 5.77. The number of H-pyrrole nitrogens is 1. The van der Waals surface area contributed by atoms with Crippen LogP contribution in [0.4, 0.5) is 0 Å². The lowest BCUT2D eigenvalue weighted by Crippen LogP contribution is -2.26. The number of aromatic amines is 1. The molecule has 0 saturated carbocycles. The number of carbonyl (C=O) groups excluding carboxylic acids is 1. The van der Waals surface area contributed by atoms with Gasteiger partial charge in [0.15, 0.2) is 0 Å². The van der Waals surface area contributed by atoms with Crippen LogP contribution in [0.15, 0.2) is 71.2 Å². The number of rotatable bonds is 5. The smallest absolute Gasteiger partial charge is 0.251 e. The summed E-state index contributed by atoms with van der Waals surface area (Å²) < 4.78 is 6.38. The highest BCUT2D eigenvalue weighted by Crippen LogP contribution is 2.38. The number of amides is 1. The lowest BCUT2D eigenvalue weighted by Gasteiger charge is -2.17. The maximum atomic E-state index is 12.8. The van der Waals surface area contributed by atoms with Crippen molar-refractivity contribution in [3.05, 3.63) is 93.5 Å². The van der Waals surface area contributed by atoms with Gasteiger partial charge in [0.2, 0.25) is 0 Å². The fraction of sp³-hybridized carbons (Fsp3) is 0.185. The van der Waals surface area contributed by atoms with Crippen LogP contribution in [0.25, 0.3) is 22.5 Å². The summed E-state index contributed by atoms with van der Waals surface area (Å²) in [5.41, 5.74) is 8.36. The molecule has 0 spiro atoms. The average molecular weight is 502 g/mol. The number of aromatic nitrogens is 2. The topological polar surface area (TPSA) is 67.0 Å². The molecule has 0 saturated heterocycles. The van der Waals surface area contributed by atoms with Gasteiger partial charge in [-0.2, -0.15) is 5.10 Å². The van der Waals surface area contributed by atoms with E-state index in [9.17, 15) is 4.79 Å². The van der Waals surface area contributed by atoms with E-state index in [1.165, 1.54) is 16.7 Å². The first-order valence-corrected chi connectivity index (χ1v) is 11.7. The van der Waals surface area contributed by atoms with Gasteiger partial charge in [-0.3, -0.25) is 9.89 Å². The molecule has 2 N–H and O–H groups in total. The Balaban J connectivity index is 1.35. The van der Waals surface area contributed by atoms with Gasteiger partial charge in [0.25, 0.3) is 5.91 Å². The van der Waals surface area contributed by atoms with E-state index in [-0.39, 0.29) is 11.9 Å². The molecule has 1 amide bonds. The summed E-state index contributed by atoms with van der Waals surface area (Å²) in [6, 6.07) is 21.7. The third kappa shape index (κ3) is 4.18. The van der Waals surface area contributed by atoms with Crippen molar-refractivity contribution in [3.8, 4) is 28.3 Å². The van der Waals surface area contributed by atoms with E-state index >= 15 is 0 Å². The first-order valence-electron chi connectivity index (χ1n) is 10.9. The van der Waals surface area contributed by atoms with Gasteiger partial charge in [-0.1, -0.05) is 40.2 Å². The van der Waals surface area contributed by atoms with Gasteiger partial charge in [-0.15, -0.1) is 0 Å². The minimum Gasteiger partial charge on any atom is -0.497 e. The minimum absolute atomic E-state index is 0.0812. The largest absolute Gasteiger partial charge is 0.497 e. The summed E-state index contributed by atoms with van der Waals surface area (Å²) in [5.74, 6) is 0.782. The van der Waals surface area contributed by atoms with Gasteiger partial charge >= 0.3 is 0 Å². The molecule has 0 fully saturated rings. The second-order valence-corrected chi connectivity index (χ2v) is 9.19. The van der Waals surface area contributed by atoms with Crippen LogP contribution in [0.3, 0.4) is 0 Å².